The molecule has 0 aliphatic heterocycles. The second-order valence-corrected chi connectivity index (χ2v) is 5.18. The highest BCUT2D eigenvalue weighted by atomic mass is 19.1. The Morgan fingerprint density at radius 3 is 2.88 bits per heavy atom. The van der Waals surface area contributed by atoms with Crippen molar-refractivity contribution in [1.29, 1.82) is 0 Å². The summed E-state index contributed by atoms with van der Waals surface area (Å²) < 4.78 is 13.0. The van der Waals surface area contributed by atoms with Gasteiger partial charge in [0.2, 0.25) is 0 Å². The Labute approximate surface area is 103 Å². The Hall–Kier alpha value is -0.930. The van der Waals surface area contributed by atoms with Crippen LogP contribution in [0.5, 0.6) is 0 Å². The molecule has 1 aromatic rings. The summed E-state index contributed by atoms with van der Waals surface area (Å²) >= 11 is 0. The van der Waals surface area contributed by atoms with Crippen molar-refractivity contribution in [3.63, 3.8) is 0 Å². The van der Waals surface area contributed by atoms with Gasteiger partial charge in [-0.15, -0.1) is 0 Å². The van der Waals surface area contributed by atoms with Crippen LogP contribution in [0.15, 0.2) is 24.3 Å². The van der Waals surface area contributed by atoms with Gasteiger partial charge in [0.05, 0.1) is 0 Å². The predicted molar refractivity (Wildman–Crippen MR) is 68.1 cm³/mol. The lowest BCUT2D eigenvalue weighted by Crippen LogP contribution is -2.34. The van der Waals surface area contributed by atoms with Crippen molar-refractivity contribution >= 4 is 0 Å². The van der Waals surface area contributed by atoms with Crippen LogP contribution in [0.4, 0.5) is 4.39 Å². The summed E-state index contributed by atoms with van der Waals surface area (Å²) in [5.41, 5.74) is 7.09. The Morgan fingerprint density at radius 2 is 2.24 bits per heavy atom. The third kappa shape index (κ3) is 3.51. The van der Waals surface area contributed by atoms with Gasteiger partial charge in [0.1, 0.15) is 5.82 Å². The Bertz CT molecular complexity index is 367. The summed E-state index contributed by atoms with van der Waals surface area (Å²) in [7, 11) is 2.08. The van der Waals surface area contributed by atoms with Gasteiger partial charge in [0.15, 0.2) is 0 Å². The fourth-order valence-corrected chi connectivity index (χ4v) is 2.70. The quantitative estimate of drug-likeness (QED) is 0.869. The molecule has 1 aliphatic carbocycles. The minimum atomic E-state index is -0.159. The molecule has 2 atom stereocenters. The molecule has 0 spiro atoms. The zero-order valence-corrected chi connectivity index (χ0v) is 10.4. The van der Waals surface area contributed by atoms with E-state index < -0.39 is 0 Å². The molecular weight excluding hydrogens is 215 g/mol. The van der Waals surface area contributed by atoms with Gasteiger partial charge < -0.3 is 10.6 Å². The molecule has 0 heterocycles. The first kappa shape index (κ1) is 12.5. The summed E-state index contributed by atoms with van der Waals surface area (Å²) in [6.07, 6.45) is 3.63. The van der Waals surface area contributed by atoms with Crippen molar-refractivity contribution in [3.05, 3.63) is 35.6 Å². The molecular formula is C14H21FN2. The first-order valence-corrected chi connectivity index (χ1v) is 6.33. The molecule has 1 saturated carbocycles. The SMILES string of the molecule is CN(Cc1cccc(F)c1)CC1CCCC1N. The van der Waals surface area contributed by atoms with Crippen molar-refractivity contribution in [1.82, 2.24) is 4.90 Å². The maximum absolute atomic E-state index is 13.0. The van der Waals surface area contributed by atoms with Crippen LogP contribution in [0, 0.1) is 11.7 Å². The number of nitrogens with zero attached hydrogens (tertiary/aromatic N) is 1. The normalized spacial score (nSPS) is 24.5. The maximum Gasteiger partial charge on any atom is 0.123 e. The fourth-order valence-electron chi connectivity index (χ4n) is 2.70. The second kappa shape index (κ2) is 5.61. The molecule has 0 saturated heterocycles. The van der Waals surface area contributed by atoms with E-state index in [1.807, 2.05) is 6.07 Å². The maximum atomic E-state index is 13.0. The van der Waals surface area contributed by atoms with Crippen LogP contribution < -0.4 is 5.73 Å². The van der Waals surface area contributed by atoms with Crippen LogP contribution >= 0.6 is 0 Å². The van der Waals surface area contributed by atoms with Crippen LogP contribution in [0.25, 0.3) is 0 Å². The van der Waals surface area contributed by atoms with Gasteiger partial charge in [-0.05, 0) is 43.5 Å². The van der Waals surface area contributed by atoms with Crippen molar-refractivity contribution in [2.24, 2.45) is 11.7 Å². The van der Waals surface area contributed by atoms with Crippen molar-refractivity contribution in [2.75, 3.05) is 13.6 Å². The van der Waals surface area contributed by atoms with Crippen LogP contribution in [0.1, 0.15) is 24.8 Å². The summed E-state index contributed by atoms with van der Waals surface area (Å²) in [5.74, 6) is 0.446. The monoisotopic (exact) mass is 236 g/mol. The lowest BCUT2D eigenvalue weighted by Gasteiger charge is -2.23. The third-order valence-electron chi connectivity index (χ3n) is 3.61. The Morgan fingerprint density at radius 1 is 1.41 bits per heavy atom. The van der Waals surface area contributed by atoms with E-state index in [1.165, 1.54) is 18.9 Å². The average molecular weight is 236 g/mol. The minimum absolute atomic E-state index is 0.159. The summed E-state index contributed by atoms with van der Waals surface area (Å²) in [6, 6.07) is 7.17. The Kier molecular flexibility index (Phi) is 4.13. The van der Waals surface area contributed by atoms with Gasteiger partial charge in [0.25, 0.3) is 0 Å². The number of hydrogen-bond acceptors (Lipinski definition) is 2. The lowest BCUT2D eigenvalue weighted by atomic mass is 10.0. The summed E-state index contributed by atoms with van der Waals surface area (Å²) in [4.78, 5) is 2.24. The molecule has 2 N–H and O–H groups in total. The molecule has 0 radical (unpaired) electrons. The van der Waals surface area contributed by atoms with E-state index in [1.54, 1.807) is 12.1 Å². The van der Waals surface area contributed by atoms with Gasteiger partial charge in [-0.25, -0.2) is 4.39 Å². The zero-order valence-electron chi connectivity index (χ0n) is 10.4. The smallest absolute Gasteiger partial charge is 0.123 e. The highest BCUT2D eigenvalue weighted by Gasteiger charge is 2.24. The first-order chi connectivity index (χ1) is 8.15. The van der Waals surface area contributed by atoms with Crippen molar-refractivity contribution < 1.29 is 4.39 Å². The van der Waals surface area contributed by atoms with Crippen LogP contribution in [0.2, 0.25) is 0 Å². The van der Waals surface area contributed by atoms with E-state index in [0.29, 0.717) is 12.0 Å². The number of hydrogen-bond donors (Lipinski definition) is 1. The third-order valence-corrected chi connectivity index (χ3v) is 3.61. The number of benzene rings is 1. The van der Waals surface area contributed by atoms with E-state index in [-0.39, 0.29) is 5.82 Å². The minimum Gasteiger partial charge on any atom is -0.327 e. The highest BCUT2D eigenvalue weighted by Crippen LogP contribution is 2.24. The molecule has 1 aliphatic rings. The number of halogens is 1. The molecule has 1 aromatic carbocycles. The lowest BCUT2D eigenvalue weighted by molar-refractivity contribution is 0.259. The van der Waals surface area contributed by atoms with E-state index in [0.717, 1.165) is 25.1 Å². The fraction of sp³-hybridized carbons (Fsp3) is 0.571. The van der Waals surface area contributed by atoms with Crippen LogP contribution in [0.3, 0.4) is 0 Å². The van der Waals surface area contributed by atoms with Crippen molar-refractivity contribution in [2.45, 2.75) is 31.8 Å². The molecule has 0 amide bonds. The average Bonchev–Trinajstić information content (AvgIpc) is 2.64. The van der Waals surface area contributed by atoms with E-state index >= 15 is 0 Å². The van der Waals surface area contributed by atoms with Gasteiger partial charge in [0, 0.05) is 19.1 Å². The molecule has 3 heteroatoms. The molecule has 0 aromatic heterocycles. The topological polar surface area (TPSA) is 29.3 Å². The molecule has 0 bridgehead atoms. The van der Waals surface area contributed by atoms with Gasteiger partial charge in [-0.2, -0.15) is 0 Å². The van der Waals surface area contributed by atoms with E-state index in [9.17, 15) is 4.39 Å². The molecule has 2 unspecified atom stereocenters. The molecule has 2 nitrogen and oxygen atoms in total. The molecule has 17 heavy (non-hydrogen) atoms. The standard InChI is InChI=1S/C14H21FN2/c1-17(10-12-5-3-7-14(12)16)9-11-4-2-6-13(15)8-11/h2,4,6,8,12,14H,3,5,7,9-10,16H2,1H3. The number of rotatable bonds is 4. The summed E-state index contributed by atoms with van der Waals surface area (Å²) in [6.45, 7) is 1.80. The molecule has 1 fully saturated rings. The van der Waals surface area contributed by atoms with Crippen molar-refractivity contribution in [3.8, 4) is 0 Å². The first-order valence-electron chi connectivity index (χ1n) is 6.33. The summed E-state index contributed by atoms with van der Waals surface area (Å²) in [5, 5.41) is 0. The highest BCUT2D eigenvalue weighted by molar-refractivity contribution is 5.16. The Balaban J connectivity index is 1.86. The second-order valence-electron chi connectivity index (χ2n) is 5.18. The van der Waals surface area contributed by atoms with Crippen LogP contribution in [-0.2, 0) is 6.54 Å². The van der Waals surface area contributed by atoms with Crippen LogP contribution in [-0.4, -0.2) is 24.5 Å². The largest absolute Gasteiger partial charge is 0.327 e. The predicted octanol–water partition coefficient (Wildman–Crippen LogP) is 2.38. The van der Waals surface area contributed by atoms with E-state index in [2.05, 4.69) is 11.9 Å². The van der Waals surface area contributed by atoms with Gasteiger partial charge >= 0.3 is 0 Å². The van der Waals surface area contributed by atoms with Gasteiger partial charge in [-0.1, -0.05) is 18.6 Å². The number of nitrogens with two attached hydrogens (primary N) is 1. The molecule has 2 rings (SSSR count). The van der Waals surface area contributed by atoms with E-state index in [4.69, 9.17) is 5.73 Å². The molecule has 94 valence electrons. The zero-order chi connectivity index (χ0) is 12.3. The van der Waals surface area contributed by atoms with Gasteiger partial charge in [-0.3, -0.25) is 0 Å².